The van der Waals surface area contributed by atoms with E-state index in [0.717, 1.165) is 6.42 Å². The van der Waals surface area contributed by atoms with Crippen LogP contribution in [0.2, 0.25) is 0 Å². The van der Waals surface area contributed by atoms with Crippen molar-refractivity contribution < 1.29 is 19.1 Å². The summed E-state index contributed by atoms with van der Waals surface area (Å²) in [7, 11) is 0. The maximum Gasteiger partial charge on any atom is 0.311 e. The highest BCUT2D eigenvalue weighted by Crippen LogP contribution is 2.51. The number of amides is 1. The molecule has 1 aliphatic rings. The lowest BCUT2D eigenvalue weighted by Gasteiger charge is -2.44. The molecule has 9 heteroatoms. The number of aromatic nitrogens is 3. The highest BCUT2D eigenvalue weighted by Gasteiger charge is 2.52. The van der Waals surface area contributed by atoms with Crippen molar-refractivity contribution in [2.24, 2.45) is 11.1 Å². The Kier molecular flexibility index (Phi) is 4.65. The molecule has 3 aromatic rings. The van der Waals surface area contributed by atoms with E-state index < -0.39 is 29.2 Å². The lowest BCUT2D eigenvalue weighted by molar-refractivity contribution is -0.159. The summed E-state index contributed by atoms with van der Waals surface area (Å²) in [5, 5.41) is 13.5. The number of nitrogens with one attached hydrogen (secondary N) is 1. The van der Waals surface area contributed by atoms with Gasteiger partial charge >= 0.3 is 5.97 Å². The van der Waals surface area contributed by atoms with Gasteiger partial charge in [0, 0.05) is 29.9 Å². The number of hydrogen-bond donors (Lipinski definition) is 3. The molecule has 1 unspecified atom stereocenters. The summed E-state index contributed by atoms with van der Waals surface area (Å²) < 4.78 is 15.1. The van der Waals surface area contributed by atoms with Gasteiger partial charge in [-0.05, 0) is 37.1 Å². The number of nitrogens with two attached hydrogens (primary N) is 1. The van der Waals surface area contributed by atoms with Gasteiger partial charge in [0.2, 0.25) is 11.9 Å². The molecule has 1 atom stereocenters. The fraction of sp³-hybridized carbons (Fsp3) is 0.300. The molecular formula is C20H20FN5O3. The van der Waals surface area contributed by atoms with Crippen LogP contribution in [0.5, 0.6) is 0 Å². The lowest BCUT2D eigenvalue weighted by Crippen LogP contribution is -2.46. The molecule has 0 saturated heterocycles. The number of hydrogen-bond acceptors (Lipinski definition) is 5. The minimum absolute atomic E-state index is 0.104. The molecule has 150 valence electrons. The van der Waals surface area contributed by atoms with E-state index in [4.69, 9.17) is 5.73 Å². The molecule has 2 heterocycles. The number of benzene rings is 1. The van der Waals surface area contributed by atoms with Crippen LogP contribution < -0.4 is 11.1 Å². The minimum atomic E-state index is -1.05. The Morgan fingerprint density at radius 2 is 2.14 bits per heavy atom. The van der Waals surface area contributed by atoms with Crippen LogP contribution in [0, 0.1) is 11.2 Å². The first-order valence-corrected chi connectivity index (χ1v) is 9.27. The Morgan fingerprint density at radius 3 is 2.76 bits per heavy atom. The molecule has 4 N–H and O–H groups in total. The third kappa shape index (κ3) is 3.39. The normalized spacial score (nSPS) is 16.2. The summed E-state index contributed by atoms with van der Waals surface area (Å²) >= 11 is 0. The molecule has 1 amide bonds. The van der Waals surface area contributed by atoms with Crippen molar-refractivity contribution in [2.75, 3.05) is 5.32 Å². The first-order valence-electron chi connectivity index (χ1n) is 9.27. The van der Waals surface area contributed by atoms with Gasteiger partial charge in [-0.3, -0.25) is 9.59 Å². The second-order valence-corrected chi connectivity index (χ2v) is 7.33. The van der Waals surface area contributed by atoms with Crippen LogP contribution >= 0.6 is 0 Å². The number of rotatable bonds is 7. The van der Waals surface area contributed by atoms with Crippen molar-refractivity contribution in [1.82, 2.24) is 14.5 Å². The molecule has 4 rings (SSSR count). The smallest absolute Gasteiger partial charge is 0.311 e. The number of carbonyl (C=O) groups excluding carboxylic acids is 1. The third-order valence-corrected chi connectivity index (χ3v) is 5.58. The van der Waals surface area contributed by atoms with Crippen LogP contribution in [0.1, 0.15) is 31.7 Å². The topological polar surface area (TPSA) is 123 Å². The summed E-state index contributed by atoms with van der Waals surface area (Å²) in [4.78, 5) is 32.5. The van der Waals surface area contributed by atoms with E-state index in [9.17, 15) is 19.1 Å². The average Bonchev–Trinajstić information content (AvgIpc) is 3.02. The molecule has 1 fully saturated rings. The molecule has 1 aliphatic carbocycles. The number of anilines is 2. The van der Waals surface area contributed by atoms with Crippen LogP contribution in [0.3, 0.4) is 0 Å². The Morgan fingerprint density at radius 1 is 1.34 bits per heavy atom. The predicted octanol–water partition coefficient (Wildman–Crippen LogP) is 2.99. The summed E-state index contributed by atoms with van der Waals surface area (Å²) in [6, 6.07) is 7.01. The van der Waals surface area contributed by atoms with E-state index in [1.54, 1.807) is 35.2 Å². The monoisotopic (exact) mass is 397 g/mol. The number of aliphatic carboxylic acids is 1. The number of carbonyl (C=O) groups is 2. The molecule has 0 bridgehead atoms. The van der Waals surface area contributed by atoms with Gasteiger partial charge in [-0.1, -0.05) is 12.5 Å². The van der Waals surface area contributed by atoms with Gasteiger partial charge < -0.3 is 20.7 Å². The van der Waals surface area contributed by atoms with Crippen molar-refractivity contribution in [3.8, 4) is 0 Å². The van der Waals surface area contributed by atoms with Gasteiger partial charge in [0.05, 0.1) is 11.5 Å². The van der Waals surface area contributed by atoms with Crippen LogP contribution in [0.4, 0.5) is 16.0 Å². The van der Waals surface area contributed by atoms with Crippen molar-refractivity contribution >= 4 is 34.5 Å². The Balaban J connectivity index is 1.75. The molecule has 0 aliphatic heterocycles. The van der Waals surface area contributed by atoms with E-state index >= 15 is 0 Å². The molecule has 0 spiro atoms. The van der Waals surface area contributed by atoms with Crippen molar-refractivity contribution in [3.63, 3.8) is 0 Å². The summed E-state index contributed by atoms with van der Waals surface area (Å²) in [6.45, 7) is 0. The highest BCUT2D eigenvalue weighted by atomic mass is 19.1. The second kappa shape index (κ2) is 7.16. The minimum Gasteiger partial charge on any atom is -0.481 e. The number of halogens is 1. The van der Waals surface area contributed by atoms with Gasteiger partial charge in [0.1, 0.15) is 11.5 Å². The summed E-state index contributed by atoms with van der Waals surface area (Å²) in [5.41, 5.74) is 5.35. The van der Waals surface area contributed by atoms with Gasteiger partial charge in [-0.25, -0.2) is 9.37 Å². The zero-order chi connectivity index (χ0) is 20.6. The van der Waals surface area contributed by atoms with E-state index in [-0.39, 0.29) is 12.4 Å². The molecule has 1 saturated carbocycles. The Hall–Kier alpha value is -3.49. The van der Waals surface area contributed by atoms with Gasteiger partial charge in [0.25, 0.3) is 0 Å². The first-order chi connectivity index (χ1) is 13.9. The van der Waals surface area contributed by atoms with Crippen molar-refractivity contribution in [3.05, 3.63) is 48.5 Å². The van der Waals surface area contributed by atoms with Crippen LogP contribution in [-0.2, 0) is 9.59 Å². The first kappa shape index (κ1) is 18.9. The number of primary amides is 1. The lowest BCUT2D eigenvalue weighted by atomic mass is 9.63. The zero-order valence-corrected chi connectivity index (χ0v) is 15.5. The Bertz CT molecular complexity index is 1090. The SMILES string of the molecule is NC(=O)CC(n1ccc2cnc(Nc3cccc(F)c3)nc21)C1(C(=O)O)CCC1. The quantitative estimate of drug-likeness (QED) is 0.563. The highest BCUT2D eigenvalue weighted by molar-refractivity contribution is 5.82. The van der Waals surface area contributed by atoms with Gasteiger partial charge in [-0.2, -0.15) is 4.98 Å². The molecule has 0 radical (unpaired) electrons. The maximum absolute atomic E-state index is 13.4. The molecule has 8 nitrogen and oxygen atoms in total. The zero-order valence-electron chi connectivity index (χ0n) is 15.5. The van der Waals surface area contributed by atoms with E-state index in [0.29, 0.717) is 29.6 Å². The predicted molar refractivity (Wildman–Crippen MR) is 104 cm³/mol. The molecular weight excluding hydrogens is 377 g/mol. The molecule has 29 heavy (non-hydrogen) atoms. The van der Waals surface area contributed by atoms with Crippen LogP contribution in [0.15, 0.2) is 42.7 Å². The fourth-order valence-corrected chi connectivity index (χ4v) is 3.94. The number of nitrogens with zero attached hydrogens (tertiary/aromatic N) is 3. The van der Waals surface area contributed by atoms with Crippen LogP contribution in [-0.4, -0.2) is 31.5 Å². The van der Waals surface area contributed by atoms with E-state index in [1.165, 1.54) is 12.1 Å². The van der Waals surface area contributed by atoms with Gasteiger partial charge in [-0.15, -0.1) is 0 Å². The summed E-state index contributed by atoms with van der Waals surface area (Å²) in [6.07, 6.45) is 4.92. The van der Waals surface area contributed by atoms with Crippen LogP contribution in [0.25, 0.3) is 11.0 Å². The number of carboxylic acid groups (broad SMARTS) is 1. The second-order valence-electron chi connectivity index (χ2n) is 7.33. The summed E-state index contributed by atoms with van der Waals surface area (Å²) in [5.74, 6) is -1.67. The largest absolute Gasteiger partial charge is 0.481 e. The average molecular weight is 397 g/mol. The van der Waals surface area contributed by atoms with Crippen molar-refractivity contribution in [2.45, 2.75) is 31.7 Å². The standard InChI is InChI=1S/C20H20FN5O3/c21-13-3-1-4-14(9-13)24-19-23-11-12-5-8-26(17(12)25-19)15(10-16(22)27)20(18(28)29)6-2-7-20/h1,3-5,8-9,11,15H,2,6-7,10H2,(H2,22,27)(H,28,29)(H,23,24,25). The maximum atomic E-state index is 13.4. The fourth-order valence-electron chi connectivity index (χ4n) is 3.94. The van der Waals surface area contributed by atoms with E-state index in [1.807, 2.05) is 0 Å². The number of carboxylic acids is 1. The van der Waals surface area contributed by atoms with E-state index in [2.05, 4.69) is 15.3 Å². The molecule has 2 aromatic heterocycles. The van der Waals surface area contributed by atoms with Gasteiger partial charge in [0.15, 0.2) is 0 Å². The van der Waals surface area contributed by atoms with Crippen molar-refractivity contribution in [1.29, 1.82) is 0 Å². The third-order valence-electron chi connectivity index (χ3n) is 5.58. The Labute approximate surface area is 165 Å². The number of fused-ring (bicyclic) bond motifs is 1. The molecule has 1 aromatic carbocycles.